The number of Topliss-reactive ketones (excluding diaryl/α,β-unsaturated/α-hetero) is 1. The van der Waals surface area contributed by atoms with Crippen molar-refractivity contribution < 1.29 is 9.90 Å². The van der Waals surface area contributed by atoms with Crippen LogP contribution in [0.2, 0.25) is 0 Å². The van der Waals surface area contributed by atoms with Crippen LogP contribution in [-0.4, -0.2) is 17.5 Å². The molecule has 0 aromatic carbocycles. The molecule has 0 heterocycles. The summed E-state index contributed by atoms with van der Waals surface area (Å²) in [6.45, 7) is 1.97. The quantitative estimate of drug-likeness (QED) is 0.298. The van der Waals surface area contributed by atoms with Gasteiger partial charge in [-0.05, 0) is 32.1 Å². The fraction of sp³-hybridized carbons (Fsp3) is 0.842. The number of ketones is 1. The SMILES string of the molecule is CCCCCCCC/C=C\CCCCCCCC(=O)CO. The van der Waals surface area contributed by atoms with Gasteiger partial charge in [-0.1, -0.05) is 70.4 Å². The second-order valence-electron chi connectivity index (χ2n) is 6.03. The molecule has 2 heteroatoms. The number of aliphatic hydroxyl groups is 1. The van der Waals surface area contributed by atoms with Gasteiger partial charge in [0.1, 0.15) is 6.61 Å². The standard InChI is InChI=1S/C19H36O2/c1-2-3-4-5-6-7-8-9-10-11-12-13-14-15-16-17-19(21)18-20/h9-10,20H,2-8,11-18H2,1H3/b10-9-. The lowest BCUT2D eigenvalue weighted by Crippen LogP contribution is -2.02. The zero-order chi connectivity index (χ0) is 15.6. The maximum absolute atomic E-state index is 10.9. The number of unbranched alkanes of at least 4 members (excludes halogenated alkanes) is 11. The molecule has 0 atom stereocenters. The van der Waals surface area contributed by atoms with Crippen molar-refractivity contribution in [2.24, 2.45) is 0 Å². The van der Waals surface area contributed by atoms with Crippen molar-refractivity contribution in [2.45, 2.75) is 96.8 Å². The molecular weight excluding hydrogens is 260 g/mol. The first kappa shape index (κ1) is 20.4. The highest BCUT2D eigenvalue weighted by molar-refractivity contribution is 5.79. The third-order valence-electron chi connectivity index (χ3n) is 3.89. The third-order valence-corrected chi connectivity index (χ3v) is 3.89. The average molecular weight is 296 g/mol. The van der Waals surface area contributed by atoms with Crippen molar-refractivity contribution in [2.75, 3.05) is 6.61 Å². The van der Waals surface area contributed by atoms with Crippen LogP contribution < -0.4 is 0 Å². The van der Waals surface area contributed by atoms with Gasteiger partial charge in [0.15, 0.2) is 5.78 Å². The van der Waals surface area contributed by atoms with Crippen LogP contribution in [0, 0.1) is 0 Å². The molecule has 0 radical (unpaired) electrons. The summed E-state index contributed by atoms with van der Waals surface area (Å²) in [7, 11) is 0. The molecule has 0 amide bonds. The second kappa shape index (κ2) is 17.4. The summed E-state index contributed by atoms with van der Waals surface area (Å²) in [4.78, 5) is 10.9. The predicted octanol–water partition coefficient (Wildman–Crippen LogP) is 5.59. The summed E-state index contributed by atoms with van der Waals surface area (Å²) in [5, 5.41) is 8.59. The zero-order valence-electron chi connectivity index (χ0n) is 14.1. The van der Waals surface area contributed by atoms with E-state index in [4.69, 9.17) is 5.11 Å². The molecular formula is C19H36O2. The molecule has 0 aliphatic carbocycles. The Bertz CT molecular complexity index is 246. The van der Waals surface area contributed by atoms with Gasteiger partial charge < -0.3 is 5.11 Å². The van der Waals surface area contributed by atoms with E-state index in [0.717, 1.165) is 12.8 Å². The molecule has 0 aromatic heterocycles. The minimum atomic E-state index is -0.288. The van der Waals surface area contributed by atoms with E-state index >= 15 is 0 Å². The molecule has 0 fully saturated rings. The number of carbonyl (C=O) groups excluding carboxylic acids is 1. The number of hydrogen-bond donors (Lipinski definition) is 1. The van der Waals surface area contributed by atoms with Crippen molar-refractivity contribution in [1.82, 2.24) is 0 Å². The van der Waals surface area contributed by atoms with Gasteiger partial charge in [-0.3, -0.25) is 4.79 Å². The Balaban J connectivity index is 3.10. The Labute approximate surface area is 132 Å². The van der Waals surface area contributed by atoms with Gasteiger partial charge in [-0.25, -0.2) is 0 Å². The summed E-state index contributed by atoms with van der Waals surface area (Å²) >= 11 is 0. The minimum absolute atomic E-state index is 0.0207. The van der Waals surface area contributed by atoms with E-state index in [1.165, 1.54) is 70.6 Å². The Hall–Kier alpha value is -0.630. The maximum Gasteiger partial charge on any atom is 0.158 e. The Kier molecular flexibility index (Phi) is 16.9. The Morgan fingerprint density at radius 2 is 1.24 bits per heavy atom. The van der Waals surface area contributed by atoms with Crippen LogP contribution in [0.25, 0.3) is 0 Å². The fourth-order valence-corrected chi connectivity index (χ4v) is 2.47. The molecule has 0 saturated heterocycles. The molecule has 0 aliphatic rings. The van der Waals surface area contributed by atoms with E-state index in [-0.39, 0.29) is 12.4 Å². The topological polar surface area (TPSA) is 37.3 Å². The number of allylic oxidation sites excluding steroid dienone is 2. The lowest BCUT2D eigenvalue weighted by Gasteiger charge is -2.00. The Morgan fingerprint density at radius 3 is 1.76 bits per heavy atom. The van der Waals surface area contributed by atoms with Crippen LogP contribution in [0.15, 0.2) is 12.2 Å². The second-order valence-corrected chi connectivity index (χ2v) is 6.03. The lowest BCUT2D eigenvalue weighted by molar-refractivity contribution is -0.121. The highest BCUT2D eigenvalue weighted by Crippen LogP contribution is 2.09. The van der Waals surface area contributed by atoms with Crippen molar-refractivity contribution in [3.63, 3.8) is 0 Å². The highest BCUT2D eigenvalue weighted by atomic mass is 16.3. The fourth-order valence-electron chi connectivity index (χ4n) is 2.47. The first-order valence-corrected chi connectivity index (χ1v) is 9.08. The van der Waals surface area contributed by atoms with E-state index in [1.54, 1.807) is 0 Å². The predicted molar refractivity (Wildman–Crippen MR) is 91.5 cm³/mol. The van der Waals surface area contributed by atoms with Gasteiger partial charge in [0.25, 0.3) is 0 Å². The van der Waals surface area contributed by atoms with E-state index < -0.39 is 0 Å². The first-order valence-electron chi connectivity index (χ1n) is 9.08. The molecule has 1 N–H and O–H groups in total. The smallest absolute Gasteiger partial charge is 0.158 e. The monoisotopic (exact) mass is 296 g/mol. The summed E-state index contributed by atoms with van der Waals surface area (Å²) in [5.74, 6) is -0.0207. The lowest BCUT2D eigenvalue weighted by atomic mass is 10.1. The molecule has 124 valence electrons. The average Bonchev–Trinajstić information content (AvgIpc) is 2.50. The number of carbonyl (C=O) groups is 1. The summed E-state index contributed by atoms with van der Waals surface area (Å²) < 4.78 is 0. The van der Waals surface area contributed by atoms with Gasteiger partial charge in [-0.2, -0.15) is 0 Å². The van der Waals surface area contributed by atoms with E-state index in [0.29, 0.717) is 6.42 Å². The van der Waals surface area contributed by atoms with Crippen molar-refractivity contribution >= 4 is 5.78 Å². The van der Waals surface area contributed by atoms with Crippen LogP contribution in [0.4, 0.5) is 0 Å². The molecule has 0 bridgehead atoms. The molecule has 0 spiro atoms. The van der Waals surface area contributed by atoms with Crippen LogP contribution >= 0.6 is 0 Å². The molecule has 0 aliphatic heterocycles. The largest absolute Gasteiger partial charge is 0.389 e. The zero-order valence-corrected chi connectivity index (χ0v) is 14.1. The molecule has 0 saturated carbocycles. The maximum atomic E-state index is 10.9. The van der Waals surface area contributed by atoms with Crippen LogP contribution in [0.1, 0.15) is 96.8 Å². The molecule has 21 heavy (non-hydrogen) atoms. The summed E-state index contributed by atoms with van der Waals surface area (Å²) in [6.07, 6.45) is 21.7. The van der Waals surface area contributed by atoms with Gasteiger partial charge in [-0.15, -0.1) is 0 Å². The van der Waals surface area contributed by atoms with Gasteiger partial charge in [0.2, 0.25) is 0 Å². The number of aliphatic hydroxyl groups excluding tert-OH is 1. The normalized spacial score (nSPS) is 11.3. The summed E-state index contributed by atoms with van der Waals surface area (Å²) in [5.41, 5.74) is 0. The van der Waals surface area contributed by atoms with Crippen molar-refractivity contribution in [3.05, 3.63) is 12.2 Å². The summed E-state index contributed by atoms with van der Waals surface area (Å²) in [6, 6.07) is 0. The van der Waals surface area contributed by atoms with E-state index in [1.807, 2.05) is 0 Å². The molecule has 0 aromatic rings. The minimum Gasteiger partial charge on any atom is -0.389 e. The van der Waals surface area contributed by atoms with E-state index in [2.05, 4.69) is 19.1 Å². The van der Waals surface area contributed by atoms with E-state index in [9.17, 15) is 4.79 Å². The molecule has 2 nitrogen and oxygen atoms in total. The first-order chi connectivity index (χ1) is 10.3. The Morgan fingerprint density at radius 1 is 0.762 bits per heavy atom. The van der Waals surface area contributed by atoms with Crippen molar-refractivity contribution in [1.29, 1.82) is 0 Å². The van der Waals surface area contributed by atoms with Crippen LogP contribution in [-0.2, 0) is 4.79 Å². The van der Waals surface area contributed by atoms with Crippen LogP contribution in [0.3, 0.4) is 0 Å². The van der Waals surface area contributed by atoms with Crippen LogP contribution in [0.5, 0.6) is 0 Å². The van der Waals surface area contributed by atoms with Gasteiger partial charge >= 0.3 is 0 Å². The number of rotatable bonds is 16. The van der Waals surface area contributed by atoms with Crippen molar-refractivity contribution in [3.8, 4) is 0 Å². The molecule has 0 rings (SSSR count). The van der Waals surface area contributed by atoms with Gasteiger partial charge in [0.05, 0.1) is 0 Å². The van der Waals surface area contributed by atoms with Gasteiger partial charge in [0, 0.05) is 6.42 Å². The number of hydrogen-bond acceptors (Lipinski definition) is 2. The highest BCUT2D eigenvalue weighted by Gasteiger charge is 1.98. The molecule has 0 unspecified atom stereocenters. The third kappa shape index (κ3) is 17.3.